The molecule has 0 aliphatic carbocycles. The number of halogens is 2. The van der Waals surface area contributed by atoms with E-state index in [0.29, 0.717) is 11.3 Å². The highest BCUT2D eigenvalue weighted by Gasteiger charge is 2.39. The fourth-order valence-corrected chi connectivity index (χ4v) is 3.32. The van der Waals surface area contributed by atoms with Crippen LogP contribution in [0.4, 0.5) is 4.39 Å². The lowest BCUT2D eigenvalue weighted by Crippen LogP contribution is -2.35. The van der Waals surface area contributed by atoms with E-state index in [1.165, 1.54) is 37.3 Å². The Kier molecular flexibility index (Phi) is 4.76. The van der Waals surface area contributed by atoms with Gasteiger partial charge >= 0.3 is 5.97 Å². The summed E-state index contributed by atoms with van der Waals surface area (Å²) in [4.78, 5) is 26.6. The van der Waals surface area contributed by atoms with E-state index in [4.69, 9.17) is 9.47 Å². The Morgan fingerprint density at radius 2 is 2.00 bits per heavy atom. The van der Waals surface area contributed by atoms with Gasteiger partial charge in [-0.05, 0) is 35.9 Å². The molecule has 0 saturated carbocycles. The monoisotopic (exact) mass is 407 g/mol. The third kappa shape index (κ3) is 3.11. The molecule has 25 heavy (non-hydrogen) atoms. The lowest BCUT2D eigenvalue weighted by molar-refractivity contribution is -0.146. The van der Waals surface area contributed by atoms with Gasteiger partial charge in [-0.2, -0.15) is 0 Å². The smallest absolute Gasteiger partial charge is 0.333 e. The number of hydrogen-bond donors (Lipinski definition) is 0. The highest BCUT2D eigenvalue weighted by molar-refractivity contribution is 9.10. The quantitative estimate of drug-likeness (QED) is 0.728. The molecule has 2 aromatic rings. The molecule has 2 aromatic carbocycles. The van der Waals surface area contributed by atoms with Crippen LogP contribution in [0.25, 0.3) is 0 Å². The molecule has 1 amide bonds. The van der Waals surface area contributed by atoms with Gasteiger partial charge in [-0.25, -0.2) is 9.18 Å². The zero-order valence-corrected chi connectivity index (χ0v) is 15.2. The number of rotatable bonds is 4. The molecule has 0 bridgehead atoms. The van der Waals surface area contributed by atoms with Crippen LogP contribution in [-0.2, 0) is 16.1 Å². The topological polar surface area (TPSA) is 55.8 Å². The predicted octanol–water partition coefficient (Wildman–Crippen LogP) is 3.47. The molecule has 3 rings (SSSR count). The highest BCUT2D eigenvalue weighted by atomic mass is 79.9. The molecular formula is C18H15BrFNO4. The number of methoxy groups -OCH3 is 2. The van der Waals surface area contributed by atoms with Gasteiger partial charge < -0.3 is 14.4 Å². The van der Waals surface area contributed by atoms with Gasteiger partial charge in [0.25, 0.3) is 5.91 Å². The number of ether oxygens (including phenoxy) is 2. The number of hydrogen-bond acceptors (Lipinski definition) is 4. The second-order valence-corrected chi connectivity index (χ2v) is 6.46. The summed E-state index contributed by atoms with van der Waals surface area (Å²) in [6, 6.07) is 8.08. The molecule has 1 atom stereocenters. The van der Waals surface area contributed by atoms with Crippen LogP contribution in [0.5, 0.6) is 5.75 Å². The molecule has 1 unspecified atom stereocenters. The Bertz CT molecular complexity index is 855. The van der Waals surface area contributed by atoms with Crippen molar-refractivity contribution in [2.45, 2.75) is 12.6 Å². The summed E-state index contributed by atoms with van der Waals surface area (Å²) in [5.74, 6) is -1.21. The molecule has 7 heteroatoms. The third-order valence-corrected chi connectivity index (χ3v) is 4.62. The summed E-state index contributed by atoms with van der Waals surface area (Å²) in [5.41, 5.74) is 1.53. The SMILES string of the molecule is COC(=O)C(c1cc(F)ccc1OC)N1Cc2ccc(Br)cc2C1=O. The second-order valence-electron chi connectivity index (χ2n) is 5.55. The number of benzene rings is 2. The van der Waals surface area contributed by atoms with Gasteiger partial charge in [0.05, 0.1) is 14.2 Å². The first-order valence-electron chi connectivity index (χ1n) is 7.47. The van der Waals surface area contributed by atoms with Crippen molar-refractivity contribution in [2.24, 2.45) is 0 Å². The Morgan fingerprint density at radius 1 is 1.24 bits per heavy atom. The minimum absolute atomic E-state index is 0.223. The van der Waals surface area contributed by atoms with Gasteiger partial charge in [0, 0.05) is 22.1 Å². The van der Waals surface area contributed by atoms with E-state index in [1.54, 1.807) is 6.07 Å². The lowest BCUT2D eigenvalue weighted by Gasteiger charge is -2.27. The molecule has 1 aliphatic heterocycles. The average molecular weight is 408 g/mol. The summed E-state index contributed by atoms with van der Waals surface area (Å²) in [7, 11) is 2.65. The number of fused-ring (bicyclic) bond motifs is 1. The van der Waals surface area contributed by atoms with Gasteiger partial charge in [0.1, 0.15) is 11.6 Å². The van der Waals surface area contributed by atoms with Gasteiger partial charge in [0.15, 0.2) is 6.04 Å². The minimum Gasteiger partial charge on any atom is -0.496 e. The summed E-state index contributed by atoms with van der Waals surface area (Å²) < 4.78 is 24.7. The van der Waals surface area contributed by atoms with E-state index < -0.39 is 17.8 Å². The standard InChI is InChI=1S/C18H15BrFNO4/c1-24-15-6-5-12(20)8-14(15)16(18(23)25-2)21-9-10-3-4-11(19)7-13(10)17(21)22/h3-8,16H,9H2,1-2H3. The van der Waals surface area contributed by atoms with E-state index in [1.807, 2.05) is 12.1 Å². The van der Waals surface area contributed by atoms with Crippen LogP contribution < -0.4 is 4.74 Å². The van der Waals surface area contributed by atoms with Crippen molar-refractivity contribution in [1.82, 2.24) is 4.90 Å². The first-order valence-corrected chi connectivity index (χ1v) is 8.26. The molecule has 0 spiro atoms. The van der Waals surface area contributed by atoms with Crippen LogP contribution in [-0.4, -0.2) is 31.0 Å². The van der Waals surface area contributed by atoms with Crippen molar-refractivity contribution in [3.63, 3.8) is 0 Å². The maximum Gasteiger partial charge on any atom is 0.333 e. The maximum absolute atomic E-state index is 13.8. The van der Waals surface area contributed by atoms with E-state index >= 15 is 0 Å². The van der Waals surface area contributed by atoms with Crippen LogP contribution in [0.15, 0.2) is 40.9 Å². The second kappa shape index (κ2) is 6.84. The van der Waals surface area contributed by atoms with Crippen molar-refractivity contribution < 1.29 is 23.5 Å². The van der Waals surface area contributed by atoms with Crippen LogP contribution in [0.2, 0.25) is 0 Å². The lowest BCUT2D eigenvalue weighted by atomic mass is 10.0. The van der Waals surface area contributed by atoms with Crippen LogP contribution in [0.1, 0.15) is 27.5 Å². The minimum atomic E-state index is -1.10. The Labute approximate surface area is 152 Å². The summed E-state index contributed by atoms with van der Waals surface area (Å²) in [6.45, 7) is 0.223. The van der Waals surface area contributed by atoms with Crippen molar-refractivity contribution >= 4 is 27.8 Å². The molecule has 0 radical (unpaired) electrons. The molecule has 130 valence electrons. The number of esters is 1. The summed E-state index contributed by atoms with van der Waals surface area (Å²) in [6.07, 6.45) is 0. The summed E-state index contributed by atoms with van der Waals surface area (Å²) >= 11 is 3.34. The molecule has 1 aliphatic rings. The first kappa shape index (κ1) is 17.4. The highest BCUT2D eigenvalue weighted by Crippen LogP contribution is 2.37. The van der Waals surface area contributed by atoms with Crippen molar-refractivity contribution in [3.05, 3.63) is 63.4 Å². The molecule has 0 aromatic heterocycles. The van der Waals surface area contributed by atoms with Crippen molar-refractivity contribution in [1.29, 1.82) is 0 Å². The van der Waals surface area contributed by atoms with Gasteiger partial charge in [0.2, 0.25) is 0 Å². The summed E-state index contributed by atoms with van der Waals surface area (Å²) in [5, 5.41) is 0. The van der Waals surface area contributed by atoms with E-state index in [9.17, 15) is 14.0 Å². The maximum atomic E-state index is 13.8. The molecular weight excluding hydrogens is 393 g/mol. The predicted molar refractivity (Wildman–Crippen MR) is 91.7 cm³/mol. The van der Waals surface area contributed by atoms with E-state index in [2.05, 4.69) is 15.9 Å². The fraction of sp³-hybridized carbons (Fsp3) is 0.222. The normalized spacial score (nSPS) is 14.2. The Morgan fingerprint density at radius 3 is 2.68 bits per heavy atom. The molecule has 0 fully saturated rings. The van der Waals surface area contributed by atoms with E-state index in [-0.39, 0.29) is 18.0 Å². The van der Waals surface area contributed by atoms with Gasteiger partial charge in [-0.1, -0.05) is 22.0 Å². The van der Waals surface area contributed by atoms with Crippen LogP contribution >= 0.6 is 15.9 Å². The molecule has 0 N–H and O–H groups in total. The zero-order chi connectivity index (χ0) is 18.1. The Hall–Kier alpha value is -2.41. The molecule has 0 saturated heterocycles. The number of carbonyl (C=O) groups is 2. The van der Waals surface area contributed by atoms with Crippen molar-refractivity contribution in [3.8, 4) is 5.75 Å². The largest absolute Gasteiger partial charge is 0.496 e. The van der Waals surface area contributed by atoms with E-state index in [0.717, 1.165) is 10.0 Å². The Balaban J connectivity index is 2.09. The first-order chi connectivity index (χ1) is 12.0. The average Bonchev–Trinajstić information content (AvgIpc) is 2.91. The van der Waals surface area contributed by atoms with Crippen LogP contribution in [0.3, 0.4) is 0 Å². The zero-order valence-electron chi connectivity index (χ0n) is 13.6. The molecule has 1 heterocycles. The number of amides is 1. The number of nitrogens with zero attached hydrogens (tertiary/aromatic N) is 1. The van der Waals surface area contributed by atoms with Gasteiger partial charge in [-0.3, -0.25) is 4.79 Å². The fourth-order valence-electron chi connectivity index (χ4n) is 2.96. The third-order valence-electron chi connectivity index (χ3n) is 4.13. The molecule has 5 nitrogen and oxygen atoms in total. The van der Waals surface area contributed by atoms with Crippen molar-refractivity contribution in [2.75, 3.05) is 14.2 Å². The van der Waals surface area contributed by atoms with Crippen LogP contribution in [0, 0.1) is 5.82 Å². The number of carbonyl (C=O) groups excluding carboxylic acids is 2. The van der Waals surface area contributed by atoms with Gasteiger partial charge in [-0.15, -0.1) is 0 Å².